The number of nitrogens with zero attached hydrogens (tertiary/aromatic N) is 2. The van der Waals surface area contributed by atoms with Crippen molar-refractivity contribution in [3.05, 3.63) is 33.9 Å². The van der Waals surface area contributed by atoms with Crippen molar-refractivity contribution in [3.63, 3.8) is 0 Å². The Morgan fingerprint density at radius 2 is 2.33 bits per heavy atom. The van der Waals surface area contributed by atoms with Crippen molar-refractivity contribution in [3.8, 4) is 6.07 Å². The van der Waals surface area contributed by atoms with Crippen molar-refractivity contribution in [1.82, 2.24) is 0 Å². The molecule has 0 saturated heterocycles. The largest absolute Gasteiger partial charge is 0.380 e. The predicted molar refractivity (Wildman–Crippen MR) is 56.6 cm³/mol. The highest BCUT2D eigenvalue weighted by atomic mass is 16.6. The first-order valence-corrected chi connectivity index (χ1v) is 4.61. The maximum Gasteiger partial charge on any atom is 0.293 e. The summed E-state index contributed by atoms with van der Waals surface area (Å²) in [5.41, 5.74) is 0.701. The maximum absolute atomic E-state index is 10.7. The van der Waals surface area contributed by atoms with E-state index in [2.05, 4.69) is 5.32 Å². The molecule has 78 valence electrons. The second kappa shape index (κ2) is 4.96. The summed E-state index contributed by atoms with van der Waals surface area (Å²) in [4.78, 5) is 10.2. The lowest BCUT2D eigenvalue weighted by atomic mass is 10.2. The minimum atomic E-state index is -0.487. The summed E-state index contributed by atoms with van der Waals surface area (Å²) in [5, 5.41) is 22.3. The summed E-state index contributed by atoms with van der Waals surface area (Å²) < 4.78 is 0. The molecule has 0 heterocycles. The van der Waals surface area contributed by atoms with Gasteiger partial charge in [-0.15, -0.1) is 0 Å². The number of nitrogens with one attached hydrogen (secondary N) is 1. The van der Waals surface area contributed by atoms with Crippen molar-refractivity contribution in [1.29, 1.82) is 5.26 Å². The molecule has 0 aromatic heterocycles. The topological polar surface area (TPSA) is 79.0 Å². The highest BCUT2D eigenvalue weighted by Gasteiger charge is 2.13. The van der Waals surface area contributed by atoms with Crippen LogP contribution in [0.4, 0.5) is 11.4 Å². The van der Waals surface area contributed by atoms with E-state index in [4.69, 9.17) is 5.26 Å². The number of benzene rings is 1. The Kier molecular flexibility index (Phi) is 3.63. The second-order valence-corrected chi connectivity index (χ2v) is 3.03. The first-order valence-electron chi connectivity index (χ1n) is 4.61. The molecule has 0 saturated carbocycles. The molecule has 1 rings (SSSR count). The van der Waals surface area contributed by atoms with Crippen molar-refractivity contribution in [2.24, 2.45) is 0 Å². The van der Waals surface area contributed by atoms with Crippen LogP contribution in [-0.4, -0.2) is 11.5 Å². The SMILES string of the molecule is CCCNc1ccc(C#N)cc1[N+](=O)[O-]. The normalized spacial score (nSPS) is 9.33. The molecule has 0 aliphatic heterocycles. The molecule has 0 bridgehead atoms. The van der Waals surface area contributed by atoms with Crippen LogP contribution in [0.3, 0.4) is 0 Å². The third-order valence-electron chi connectivity index (χ3n) is 1.89. The first-order chi connectivity index (χ1) is 7.19. The fourth-order valence-corrected chi connectivity index (χ4v) is 1.16. The molecule has 0 aliphatic rings. The van der Waals surface area contributed by atoms with Crippen LogP contribution in [-0.2, 0) is 0 Å². The van der Waals surface area contributed by atoms with Gasteiger partial charge >= 0.3 is 0 Å². The number of hydrogen-bond acceptors (Lipinski definition) is 4. The van der Waals surface area contributed by atoms with Crippen molar-refractivity contribution in [2.75, 3.05) is 11.9 Å². The Labute approximate surface area is 87.5 Å². The molecule has 1 N–H and O–H groups in total. The van der Waals surface area contributed by atoms with Crippen LogP contribution >= 0.6 is 0 Å². The minimum Gasteiger partial charge on any atom is -0.380 e. The van der Waals surface area contributed by atoms with Gasteiger partial charge in [0.2, 0.25) is 0 Å². The zero-order valence-electron chi connectivity index (χ0n) is 8.36. The molecular weight excluding hydrogens is 194 g/mol. The van der Waals surface area contributed by atoms with Crippen LogP contribution in [0.1, 0.15) is 18.9 Å². The molecule has 0 radical (unpaired) electrons. The fourth-order valence-electron chi connectivity index (χ4n) is 1.16. The summed E-state index contributed by atoms with van der Waals surface area (Å²) in [6, 6.07) is 6.27. The second-order valence-electron chi connectivity index (χ2n) is 3.03. The molecule has 0 atom stereocenters. The Morgan fingerprint density at radius 1 is 1.60 bits per heavy atom. The number of anilines is 1. The summed E-state index contributed by atoms with van der Waals surface area (Å²) in [6.45, 7) is 2.65. The molecule has 0 fully saturated rings. The average Bonchev–Trinajstić information content (AvgIpc) is 2.26. The van der Waals surface area contributed by atoms with E-state index in [-0.39, 0.29) is 5.69 Å². The van der Waals surface area contributed by atoms with Gasteiger partial charge in [0, 0.05) is 12.6 Å². The number of nitriles is 1. The highest BCUT2D eigenvalue weighted by molar-refractivity contribution is 5.63. The Bertz CT molecular complexity index is 410. The molecule has 1 aromatic carbocycles. The van der Waals surface area contributed by atoms with Crippen LogP contribution in [0.25, 0.3) is 0 Å². The van der Waals surface area contributed by atoms with Gasteiger partial charge in [-0.3, -0.25) is 10.1 Å². The molecule has 0 unspecified atom stereocenters. The standard InChI is InChI=1S/C10H11N3O2/c1-2-5-12-9-4-3-8(7-11)6-10(9)13(14)15/h3-4,6,12H,2,5H2,1H3. The van der Waals surface area contributed by atoms with E-state index in [1.54, 1.807) is 12.1 Å². The van der Waals surface area contributed by atoms with Crippen molar-refractivity contribution >= 4 is 11.4 Å². The van der Waals surface area contributed by atoms with E-state index in [1.165, 1.54) is 6.07 Å². The minimum absolute atomic E-state index is 0.0532. The van der Waals surface area contributed by atoms with Gasteiger partial charge in [-0.1, -0.05) is 6.92 Å². The first kappa shape index (κ1) is 11.0. The number of hydrogen-bond donors (Lipinski definition) is 1. The van der Waals surface area contributed by atoms with E-state index >= 15 is 0 Å². The Balaban J connectivity index is 3.05. The van der Waals surface area contributed by atoms with Crippen molar-refractivity contribution in [2.45, 2.75) is 13.3 Å². The molecule has 1 aromatic rings. The van der Waals surface area contributed by atoms with E-state index in [9.17, 15) is 10.1 Å². The van der Waals surface area contributed by atoms with Gasteiger partial charge in [-0.05, 0) is 18.6 Å². The molecule has 5 nitrogen and oxygen atoms in total. The van der Waals surface area contributed by atoms with Gasteiger partial charge in [-0.2, -0.15) is 5.26 Å². The Hall–Kier alpha value is -2.09. The molecule has 0 amide bonds. The Morgan fingerprint density at radius 3 is 2.87 bits per heavy atom. The summed E-state index contributed by atoms with van der Waals surface area (Å²) in [5.74, 6) is 0. The molecular formula is C10H11N3O2. The molecule has 5 heteroatoms. The number of nitro benzene ring substituents is 1. The van der Waals surface area contributed by atoms with Gasteiger partial charge in [-0.25, -0.2) is 0 Å². The molecule has 15 heavy (non-hydrogen) atoms. The van der Waals surface area contributed by atoms with Crippen LogP contribution < -0.4 is 5.32 Å². The summed E-state index contributed by atoms with van der Waals surface area (Å²) in [7, 11) is 0. The lowest BCUT2D eigenvalue weighted by Gasteiger charge is -2.05. The molecule has 0 spiro atoms. The average molecular weight is 205 g/mol. The van der Waals surface area contributed by atoms with Gasteiger partial charge in [0.1, 0.15) is 5.69 Å². The number of rotatable bonds is 4. The summed E-state index contributed by atoms with van der Waals surface area (Å²) in [6.07, 6.45) is 0.886. The summed E-state index contributed by atoms with van der Waals surface area (Å²) >= 11 is 0. The van der Waals surface area contributed by atoms with E-state index in [1.807, 2.05) is 13.0 Å². The fraction of sp³-hybridized carbons (Fsp3) is 0.300. The third kappa shape index (κ3) is 2.68. The smallest absolute Gasteiger partial charge is 0.293 e. The van der Waals surface area contributed by atoms with E-state index in [0.29, 0.717) is 17.8 Å². The number of nitro groups is 1. The van der Waals surface area contributed by atoms with Gasteiger partial charge < -0.3 is 5.32 Å². The van der Waals surface area contributed by atoms with Crippen LogP contribution in [0.5, 0.6) is 0 Å². The van der Waals surface area contributed by atoms with Crippen LogP contribution in [0.2, 0.25) is 0 Å². The highest BCUT2D eigenvalue weighted by Crippen LogP contribution is 2.25. The maximum atomic E-state index is 10.7. The quantitative estimate of drug-likeness (QED) is 0.604. The monoisotopic (exact) mass is 205 g/mol. The lowest BCUT2D eigenvalue weighted by molar-refractivity contribution is -0.384. The zero-order valence-corrected chi connectivity index (χ0v) is 8.36. The predicted octanol–water partition coefficient (Wildman–Crippen LogP) is 2.29. The van der Waals surface area contributed by atoms with Gasteiger partial charge in [0.25, 0.3) is 5.69 Å². The lowest BCUT2D eigenvalue weighted by Crippen LogP contribution is -2.03. The third-order valence-corrected chi connectivity index (χ3v) is 1.89. The van der Waals surface area contributed by atoms with Gasteiger partial charge in [0.15, 0.2) is 0 Å². The van der Waals surface area contributed by atoms with Crippen LogP contribution in [0.15, 0.2) is 18.2 Å². The van der Waals surface area contributed by atoms with E-state index in [0.717, 1.165) is 6.42 Å². The van der Waals surface area contributed by atoms with Crippen LogP contribution in [0, 0.1) is 21.4 Å². The zero-order chi connectivity index (χ0) is 11.3. The van der Waals surface area contributed by atoms with Gasteiger partial charge in [0.05, 0.1) is 16.6 Å². The molecule has 0 aliphatic carbocycles. The van der Waals surface area contributed by atoms with E-state index < -0.39 is 4.92 Å². The van der Waals surface area contributed by atoms with Crippen molar-refractivity contribution < 1.29 is 4.92 Å².